The predicted molar refractivity (Wildman–Crippen MR) is 126 cm³/mol. The minimum atomic E-state index is -0.112. The highest BCUT2D eigenvalue weighted by Crippen LogP contribution is 2.28. The molecule has 1 N–H and O–H groups in total. The Kier molecular flexibility index (Phi) is 7.66. The molecule has 1 aromatic carbocycles. The molecule has 0 fully saturated rings. The number of nitrogens with one attached hydrogen (secondary N) is 1. The second-order valence-electron chi connectivity index (χ2n) is 6.88. The third kappa shape index (κ3) is 5.63. The Balaban J connectivity index is 1.56. The molecule has 2 heterocycles. The van der Waals surface area contributed by atoms with Gasteiger partial charge < -0.3 is 10.1 Å². The molecule has 0 saturated carbocycles. The molecule has 160 valence electrons. The van der Waals surface area contributed by atoms with Crippen molar-refractivity contribution in [2.45, 2.75) is 39.1 Å². The summed E-state index contributed by atoms with van der Waals surface area (Å²) < 4.78 is 5.46. The number of aryl methyl sites for hydroxylation is 1. The first-order chi connectivity index (χ1) is 14.9. The monoisotopic (exact) mass is 452 g/mol. The van der Waals surface area contributed by atoms with Crippen molar-refractivity contribution in [2.24, 2.45) is 0 Å². The number of rotatable bonds is 8. The van der Waals surface area contributed by atoms with E-state index in [2.05, 4.69) is 21.4 Å². The Morgan fingerprint density at radius 3 is 2.61 bits per heavy atom. The third-order valence-corrected chi connectivity index (χ3v) is 6.59. The fourth-order valence-corrected chi connectivity index (χ4v) is 4.68. The van der Waals surface area contributed by atoms with Crippen molar-refractivity contribution < 1.29 is 9.53 Å². The lowest BCUT2D eigenvalue weighted by atomic mass is 10.1. The number of hydrogen-bond acceptors (Lipinski definition) is 7. The van der Waals surface area contributed by atoms with Crippen LogP contribution in [0.3, 0.4) is 0 Å². The number of benzene rings is 1. The van der Waals surface area contributed by atoms with Crippen molar-refractivity contribution in [2.75, 3.05) is 17.7 Å². The molecule has 1 amide bonds. The number of nitriles is 1. The van der Waals surface area contributed by atoms with E-state index in [4.69, 9.17) is 4.74 Å². The van der Waals surface area contributed by atoms with Crippen LogP contribution in [0.5, 0.6) is 5.75 Å². The number of anilines is 1. The number of pyridine rings is 1. The Hall–Kier alpha value is -2.89. The lowest BCUT2D eigenvalue weighted by Crippen LogP contribution is -2.12. The number of nitrogens with zero attached hydrogens (tertiary/aromatic N) is 3. The van der Waals surface area contributed by atoms with Gasteiger partial charge in [-0.1, -0.05) is 0 Å². The summed E-state index contributed by atoms with van der Waals surface area (Å²) in [6.45, 7) is 8.41. The molecule has 0 bridgehead atoms. The van der Waals surface area contributed by atoms with E-state index in [1.807, 2.05) is 57.3 Å². The molecule has 0 radical (unpaired) electrons. The van der Waals surface area contributed by atoms with Crippen molar-refractivity contribution in [1.29, 1.82) is 5.26 Å². The number of ether oxygens (including phenoxy) is 1. The van der Waals surface area contributed by atoms with Gasteiger partial charge >= 0.3 is 0 Å². The van der Waals surface area contributed by atoms with Crippen LogP contribution in [0.2, 0.25) is 0 Å². The number of carbonyl (C=O) groups is 1. The standard InChI is InChI=1S/C23H24N4O2S2/c1-5-29-18-8-6-17(7-9-18)20-13-31-23(26-20)27-21(28)10-11-30-22-19(12-24)15(3)14(2)16(4)25-22/h6-9,13H,5,10-11H2,1-4H3,(H,26,27,28). The van der Waals surface area contributed by atoms with E-state index in [0.717, 1.165) is 33.8 Å². The molecule has 0 spiro atoms. The fraction of sp³-hybridized carbons (Fsp3) is 0.304. The van der Waals surface area contributed by atoms with Crippen LogP contribution in [0.25, 0.3) is 11.3 Å². The van der Waals surface area contributed by atoms with E-state index in [1.54, 1.807) is 0 Å². The normalized spacial score (nSPS) is 10.5. The second-order valence-corrected chi connectivity index (χ2v) is 8.82. The molecule has 31 heavy (non-hydrogen) atoms. The maximum atomic E-state index is 12.3. The minimum Gasteiger partial charge on any atom is -0.494 e. The number of amides is 1. The van der Waals surface area contributed by atoms with Crippen molar-refractivity contribution >= 4 is 34.1 Å². The lowest BCUT2D eigenvalue weighted by Gasteiger charge is -2.10. The van der Waals surface area contributed by atoms with Gasteiger partial charge in [-0.2, -0.15) is 5.26 Å². The zero-order chi connectivity index (χ0) is 22.4. The Labute approximate surface area is 190 Å². The van der Waals surface area contributed by atoms with Crippen molar-refractivity contribution in [3.8, 4) is 23.1 Å². The van der Waals surface area contributed by atoms with Crippen LogP contribution in [0.15, 0.2) is 34.7 Å². The zero-order valence-corrected chi connectivity index (χ0v) is 19.6. The number of hydrogen-bond donors (Lipinski definition) is 1. The second kappa shape index (κ2) is 10.4. The van der Waals surface area contributed by atoms with Gasteiger partial charge in [0.1, 0.15) is 16.8 Å². The van der Waals surface area contributed by atoms with E-state index in [1.165, 1.54) is 23.1 Å². The highest BCUT2D eigenvalue weighted by molar-refractivity contribution is 7.99. The predicted octanol–water partition coefficient (Wildman–Crippen LogP) is 5.52. The number of thioether (sulfide) groups is 1. The molecule has 6 nitrogen and oxygen atoms in total. The summed E-state index contributed by atoms with van der Waals surface area (Å²) >= 11 is 2.82. The van der Waals surface area contributed by atoms with Crippen molar-refractivity contribution in [1.82, 2.24) is 9.97 Å². The first-order valence-electron chi connectivity index (χ1n) is 9.92. The molecular formula is C23H24N4O2S2. The number of carbonyl (C=O) groups excluding carboxylic acids is 1. The fourth-order valence-electron chi connectivity index (χ4n) is 2.92. The summed E-state index contributed by atoms with van der Waals surface area (Å²) in [4.78, 5) is 21.4. The summed E-state index contributed by atoms with van der Waals surface area (Å²) in [6.07, 6.45) is 0.307. The molecule has 3 rings (SSSR count). The van der Waals surface area contributed by atoms with Crippen LogP contribution in [-0.4, -0.2) is 28.2 Å². The first kappa shape index (κ1) is 22.8. The van der Waals surface area contributed by atoms with Gasteiger partial charge in [0, 0.05) is 28.8 Å². The molecule has 0 atom stereocenters. The first-order valence-corrected chi connectivity index (χ1v) is 11.8. The van der Waals surface area contributed by atoms with E-state index in [-0.39, 0.29) is 5.91 Å². The van der Waals surface area contributed by atoms with Gasteiger partial charge in [-0.05, 0) is 63.1 Å². The third-order valence-electron chi connectivity index (χ3n) is 4.85. The Bertz CT molecular complexity index is 1120. The molecule has 8 heteroatoms. The van der Waals surface area contributed by atoms with Crippen LogP contribution in [0.1, 0.15) is 35.7 Å². The van der Waals surface area contributed by atoms with Gasteiger partial charge in [0.15, 0.2) is 5.13 Å². The largest absolute Gasteiger partial charge is 0.494 e. The quantitative estimate of drug-likeness (QED) is 0.453. The molecule has 0 saturated heterocycles. The zero-order valence-electron chi connectivity index (χ0n) is 18.0. The van der Waals surface area contributed by atoms with Crippen LogP contribution < -0.4 is 10.1 Å². The summed E-state index contributed by atoms with van der Waals surface area (Å²) in [6, 6.07) is 9.96. The van der Waals surface area contributed by atoms with E-state index < -0.39 is 0 Å². The van der Waals surface area contributed by atoms with Crippen LogP contribution >= 0.6 is 23.1 Å². The Morgan fingerprint density at radius 1 is 1.19 bits per heavy atom. The number of thiazole rings is 1. The van der Waals surface area contributed by atoms with E-state index in [0.29, 0.717) is 34.5 Å². The summed E-state index contributed by atoms with van der Waals surface area (Å²) in [7, 11) is 0. The molecule has 0 unspecified atom stereocenters. The van der Waals surface area contributed by atoms with Crippen molar-refractivity contribution in [3.63, 3.8) is 0 Å². The van der Waals surface area contributed by atoms with Gasteiger partial charge in [-0.25, -0.2) is 9.97 Å². The molecule has 0 aliphatic rings. The Morgan fingerprint density at radius 2 is 1.94 bits per heavy atom. The minimum absolute atomic E-state index is 0.112. The summed E-state index contributed by atoms with van der Waals surface area (Å²) in [5.41, 5.74) is 5.26. The van der Waals surface area contributed by atoms with Crippen LogP contribution in [-0.2, 0) is 4.79 Å². The van der Waals surface area contributed by atoms with Gasteiger partial charge in [0.05, 0.1) is 17.9 Å². The van der Waals surface area contributed by atoms with E-state index in [9.17, 15) is 10.1 Å². The number of aromatic nitrogens is 2. The smallest absolute Gasteiger partial charge is 0.226 e. The van der Waals surface area contributed by atoms with Crippen LogP contribution in [0, 0.1) is 32.1 Å². The molecular weight excluding hydrogens is 428 g/mol. The summed E-state index contributed by atoms with van der Waals surface area (Å²) in [5, 5.41) is 15.5. The van der Waals surface area contributed by atoms with Crippen LogP contribution in [0.4, 0.5) is 5.13 Å². The lowest BCUT2D eigenvalue weighted by molar-refractivity contribution is -0.115. The molecule has 0 aliphatic carbocycles. The molecule has 2 aromatic heterocycles. The maximum Gasteiger partial charge on any atom is 0.226 e. The van der Waals surface area contributed by atoms with Crippen molar-refractivity contribution in [3.05, 3.63) is 52.0 Å². The van der Waals surface area contributed by atoms with Gasteiger partial charge in [-0.15, -0.1) is 23.1 Å². The highest BCUT2D eigenvalue weighted by atomic mass is 32.2. The highest BCUT2D eigenvalue weighted by Gasteiger charge is 2.14. The molecule has 0 aliphatic heterocycles. The maximum absolute atomic E-state index is 12.3. The molecule has 3 aromatic rings. The van der Waals surface area contributed by atoms with Gasteiger partial charge in [-0.3, -0.25) is 4.79 Å². The van der Waals surface area contributed by atoms with Gasteiger partial charge in [0.2, 0.25) is 5.91 Å². The average Bonchev–Trinajstić information content (AvgIpc) is 3.21. The van der Waals surface area contributed by atoms with E-state index >= 15 is 0 Å². The SMILES string of the molecule is CCOc1ccc(-c2csc(NC(=O)CCSc3nc(C)c(C)c(C)c3C#N)n2)cc1. The topological polar surface area (TPSA) is 87.9 Å². The average molecular weight is 453 g/mol. The summed E-state index contributed by atoms with van der Waals surface area (Å²) in [5.74, 6) is 1.24. The van der Waals surface area contributed by atoms with Gasteiger partial charge in [0.25, 0.3) is 0 Å².